The van der Waals surface area contributed by atoms with E-state index in [2.05, 4.69) is 25.0 Å². The van der Waals surface area contributed by atoms with E-state index >= 15 is 0 Å². The maximum atomic E-state index is 5.97. The van der Waals surface area contributed by atoms with Crippen molar-refractivity contribution in [1.29, 1.82) is 0 Å². The van der Waals surface area contributed by atoms with Gasteiger partial charge in [0, 0.05) is 18.8 Å². The Hall–Kier alpha value is -0.480. The predicted molar refractivity (Wildman–Crippen MR) is 61.5 cm³/mol. The van der Waals surface area contributed by atoms with Crippen molar-refractivity contribution >= 4 is 11.8 Å². The molecule has 1 atom stereocenters. The second kappa shape index (κ2) is 4.84. The standard InChI is InChI=1S/C10H19N3S/c1-7(2)9(11)6-14-10-5-8(3)12-13(10)4/h5,7,9H,6,11H2,1-4H3. The van der Waals surface area contributed by atoms with Crippen LogP contribution in [0.15, 0.2) is 11.1 Å². The van der Waals surface area contributed by atoms with Crippen molar-refractivity contribution in [1.82, 2.24) is 9.78 Å². The highest BCUT2D eigenvalue weighted by Gasteiger charge is 2.09. The molecule has 14 heavy (non-hydrogen) atoms. The largest absolute Gasteiger partial charge is 0.327 e. The first-order chi connectivity index (χ1) is 6.50. The third kappa shape index (κ3) is 3.03. The van der Waals surface area contributed by atoms with Crippen molar-refractivity contribution in [2.45, 2.75) is 31.8 Å². The second-order valence-corrected chi connectivity index (χ2v) is 5.01. The summed E-state index contributed by atoms with van der Waals surface area (Å²) in [6, 6.07) is 2.35. The molecule has 0 spiro atoms. The summed E-state index contributed by atoms with van der Waals surface area (Å²) in [7, 11) is 1.97. The number of aromatic nitrogens is 2. The molecule has 0 aliphatic heterocycles. The highest BCUT2D eigenvalue weighted by molar-refractivity contribution is 7.99. The molecule has 1 unspecified atom stereocenters. The van der Waals surface area contributed by atoms with Crippen LogP contribution in [0.4, 0.5) is 0 Å². The Labute approximate surface area is 90.1 Å². The molecule has 2 N–H and O–H groups in total. The molecular formula is C10H19N3S. The van der Waals surface area contributed by atoms with E-state index in [1.807, 2.05) is 18.7 Å². The van der Waals surface area contributed by atoms with E-state index in [-0.39, 0.29) is 6.04 Å². The zero-order valence-corrected chi connectivity index (χ0v) is 10.1. The fourth-order valence-electron chi connectivity index (χ4n) is 1.10. The van der Waals surface area contributed by atoms with Crippen molar-refractivity contribution in [3.8, 4) is 0 Å². The quantitative estimate of drug-likeness (QED) is 0.776. The van der Waals surface area contributed by atoms with Gasteiger partial charge in [0.25, 0.3) is 0 Å². The zero-order valence-electron chi connectivity index (χ0n) is 9.32. The summed E-state index contributed by atoms with van der Waals surface area (Å²) in [6.45, 7) is 6.31. The van der Waals surface area contributed by atoms with E-state index in [0.717, 1.165) is 11.4 Å². The number of hydrogen-bond acceptors (Lipinski definition) is 3. The van der Waals surface area contributed by atoms with Crippen LogP contribution in [0.25, 0.3) is 0 Å². The van der Waals surface area contributed by atoms with E-state index in [0.29, 0.717) is 5.92 Å². The van der Waals surface area contributed by atoms with Gasteiger partial charge in [-0.2, -0.15) is 5.10 Å². The van der Waals surface area contributed by atoms with Gasteiger partial charge < -0.3 is 5.73 Å². The molecule has 1 aromatic heterocycles. The fourth-order valence-corrected chi connectivity index (χ4v) is 2.33. The summed E-state index contributed by atoms with van der Waals surface area (Å²) in [5.41, 5.74) is 7.03. The zero-order chi connectivity index (χ0) is 10.7. The van der Waals surface area contributed by atoms with Gasteiger partial charge in [0.2, 0.25) is 0 Å². The first-order valence-corrected chi connectivity index (χ1v) is 5.88. The third-order valence-electron chi connectivity index (χ3n) is 2.24. The van der Waals surface area contributed by atoms with Crippen LogP contribution in [0.2, 0.25) is 0 Å². The van der Waals surface area contributed by atoms with Crippen molar-refractivity contribution in [2.75, 3.05) is 5.75 Å². The van der Waals surface area contributed by atoms with Crippen LogP contribution in [0.1, 0.15) is 19.5 Å². The molecule has 0 fully saturated rings. The number of nitrogens with two attached hydrogens (primary N) is 1. The molecule has 80 valence electrons. The minimum absolute atomic E-state index is 0.259. The Morgan fingerprint density at radius 1 is 1.57 bits per heavy atom. The number of thioether (sulfide) groups is 1. The Morgan fingerprint density at radius 3 is 2.64 bits per heavy atom. The minimum atomic E-state index is 0.259. The average molecular weight is 213 g/mol. The Kier molecular flexibility index (Phi) is 4.01. The maximum absolute atomic E-state index is 5.97. The first kappa shape index (κ1) is 11.6. The topological polar surface area (TPSA) is 43.8 Å². The third-order valence-corrected chi connectivity index (χ3v) is 3.47. The number of aryl methyl sites for hydroxylation is 2. The average Bonchev–Trinajstić information content (AvgIpc) is 2.40. The van der Waals surface area contributed by atoms with Gasteiger partial charge in [0.05, 0.1) is 10.7 Å². The van der Waals surface area contributed by atoms with E-state index in [1.54, 1.807) is 11.8 Å². The summed E-state index contributed by atoms with van der Waals surface area (Å²) in [5, 5.41) is 5.48. The molecule has 0 aliphatic rings. The molecule has 1 aromatic rings. The van der Waals surface area contributed by atoms with Gasteiger partial charge in [0.1, 0.15) is 0 Å². The lowest BCUT2D eigenvalue weighted by molar-refractivity contribution is 0.535. The van der Waals surface area contributed by atoms with Gasteiger partial charge in [-0.05, 0) is 18.9 Å². The van der Waals surface area contributed by atoms with Gasteiger partial charge in [-0.25, -0.2) is 0 Å². The predicted octanol–water partition coefficient (Wildman–Crippen LogP) is 1.80. The molecule has 0 saturated carbocycles. The van der Waals surface area contributed by atoms with Crippen LogP contribution < -0.4 is 5.73 Å². The lowest BCUT2D eigenvalue weighted by Crippen LogP contribution is -2.28. The Bertz CT molecular complexity index is 294. The Balaban J connectivity index is 2.49. The van der Waals surface area contributed by atoms with Gasteiger partial charge in [0.15, 0.2) is 0 Å². The van der Waals surface area contributed by atoms with E-state index in [1.165, 1.54) is 5.03 Å². The van der Waals surface area contributed by atoms with Crippen LogP contribution in [0.5, 0.6) is 0 Å². The summed E-state index contributed by atoms with van der Waals surface area (Å²) in [6.07, 6.45) is 0. The highest BCUT2D eigenvalue weighted by atomic mass is 32.2. The van der Waals surface area contributed by atoms with Gasteiger partial charge in [-0.3, -0.25) is 4.68 Å². The number of hydrogen-bond donors (Lipinski definition) is 1. The molecule has 0 amide bonds. The number of nitrogens with zero attached hydrogens (tertiary/aromatic N) is 2. The number of rotatable bonds is 4. The summed E-state index contributed by atoms with van der Waals surface area (Å²) in [4.78, 5) is 0. The van der Waals surface area contributed by atoms with Crippen LogP contribution in [0, 0.1) is 12.8 Å². The van der Waals surface area contributed by atoms with Crippen LogP contribution >= 0.6 is 11.8 Å². The highest BCUT2D eigenvalue weighted by Crippen LogP contribution is 2.20. The van der Waals surface area contributed by atoms with Crippen LogP contribution in [-0.4, -0.2) is 21.6 Å². The maximum Gasteiger partial charge on any atom is 0.0939 e. The monoisotopic (exact) mass is 213 g/mol. The first-order valence-electron chi connectivity index (χ1n) is 4.89. The lowest BCUT2D eigenvalue weighted by Gasteiger charge is -2.14. The van der Waals surface area contributed by atoms with Gasteiger partial charge >= 0.3 is 0 Å². The SMILES string of the molecule is Cc1cc(SCC(N)C(C)C)n(C)n1. The molecule has 0 bridgehead atoms. The lowest BCUT2D eigenvalue weighted by atomic mass is 10.1. The smallest absolute Gasteiger partial charge is 0.0939 e. The van der Waals surface area contributed by atoms with Crippen molar-refractivity contribution in [2.24, 2.45) is 18.7 Å². The van der Waals surface area contributed by atoms with Gasteiger partial charge in [-0.15, -0.1) is 11.8 Å². The normalized spacial score (nSPS) is 13.6. The summed E-state index contributed by atoms with van der Waals surface area (Å²) in [5.74, 6) is 1.49. The molecular weight excluding hydrogens is 194 g/mol. The summed E-state index contributed by atoms with van der Waals surface area (Å²) < 4.78 is 1.91. The second-order valence-electron chi connectivity index (χ2n) is 3.97. The van der Waals surface area contributed by atoms with Crippen LogP contribution in [-0.2, 0) is 7.05 Å². The molecule has 0 radical (unpaired) electrons. The summed E-state index contributed by atoms with van der Waals surface area (Å²) >= 11 is 1.78. The van der Waals surface area contributed by atoms with Crippen molar-refractivity contribution in [3.05, 3.63) is 11.8 Å². The van der Waals surface area contributed by atoms with E-state index in [4.69, 9.17) is 5.73 Å². The fraction of sp³-hybridized carbons (Fsp3) is 0.700. The van der Waals surface area contributed by atoms with Crippen molar-refractivity contribution in [3.63, 3.8) is 0 Å². The molecule has 0 saturated heterocycles. The molecule has 3 nitrogen and oxygen atoms in total. The molecule has 1 heterocycles. The van der Waals surface area contributed by atoms with Crippen molar-refractivity contribution < 1.29 is 0 Å². The molecule has 0 aliphatic carbocycles. The van der Waals surface area contributed by atoms with E-state index in [9.17, 15) is 0 Å². The molecule has 1 rings (SSSR count). The molecule has 0 aromatic carbocycles. The minimum Gasteiger partial charge on any atom is -0.327 e. The Morgan fingerprint density at radius 2 is 2.21 bits per heavy atom. The van der Waals surface area contributed by atoms with Gasteiger partial charge in [-0.1, -0.05) is 13.8 Å². The van der Waals surface area contributed by atoms with E-state index < -0.39 is 0 Å². The molecule has 4 heteroatoms. The van der Waals surface area contributed by atoms with Crippen LogP contribution in [0.3, 0.4) is 0 Å².